The lowest BCUT2D eigenvalue weighted by Crippen LogP contribution is -2.39. The van der Waals surface area contributed by atoms with Crippen molar-refractivity contribution in [1.82, 2.24) is 14.7 Å². The minimum Gasteiger partial charge on any atom is -0.345 e. The van der Waals surface area contributed by atoms with Crippen molar-refractivity contribution in [2.75, 3.05) is 53.9 Å². The van der Waals surface area contributed by atoms with Crippen molar-refractivity contribution < 1.29 is 4.79 Å². The zero-order valence-electron chi connectivity index (χ0n) is 12.2. The molecule has 1 heterocycles. The van der Waals surface area contributed by atoms with Gasteiger partial charge in [-0.1, -0.05) is 6.92 Å². The molecule has 0 aromatic heterocycles. The summed E-state index contributed by atoms with van der Waals surface area (Å²) in [6.45, 7) is 6.20. The van der Waals surface area contributed by atoms with Crippen LogP contribution in [0, 0.1) is 5.92 Å². The maximum atomic E-state index is 12.0. The summed E-state index contributed by atoms with van der Waals surface area (Å²) in [5, 5.41) is 0. The van der Waals surface area contributed by atoms with E-state index in [4.69, 9.17) is 5.73 Å². The van der Waals surface area contributed by atoms with Gasteiger partial charge in [0.2, 0.25) is 5.91 Å². The Labute approximate surface area is 111 Å². The molecule has 5 heteroatoms. The molecule has 0 saturated carbocycles. The molecule has 1 aliphatic rings. The molecule has 2 unspecified atom stereocenters. The molecule has 0 aromatic rings. The van der Waals surface area contributed by atoms with Gasteiger partial charge in [0, 0.05) is 32.7 Å². The minimum absolute atomic E-state index is 0.204. The van der Waals surface area contributed by atoms with Crippen molar-refractivity contribution in [3.05, 3.63) is 0 Å². The summed E-state index contributed by atoms with van der Waals surface area (Å²) in [4.78, 5) is 18.3. The quantitative estimate of drug-likeness (QED) is 0.707. The number of likely N-dealkylation sites (N-methyl/N-ethyl adjacent to an activating group) is 2. The Hall–Kier alpha value is -0.650. The Morgan fingerprint density at radius 2 is 2.00 bits per heavy atom. The van der Waals surface area contributed by atoms with Gasteiger partial charge in [0.05, 0.1) is 6.54 Å². The van der Waals surface area contributed by atoms with Crippen LogP contribution in [0.4, 0.5) is 0 Å². The summed E-state index contributed by atoms with van der Waals surface area (Å²) < 4.78 is 0. The molecule has 18 heavy (non-hydrogen) atoms. The predicted molar refractivity (Wildman–Crippen MR) is 74.4 cm³/mol. The number of carbonyl (C=O) groups excluding carboxylic acids is 1. The average Bonchev–Trinajstić information content (AvgIpc) is 2.67. The third-order valence-electron chi connectivity index (χ3n) is 3.79. The van der Waals surface area contributed by atoms with Gasteiger partial charge in [-0.25, -0.2) is 0 Å². The highest BCUT2D eigenvalue weighted by Crippen LogP contribution is 2.19. The van der Waals surface area contributed by atoms with Crippen molar-refractivity contribution in [2.45, 2.75) is 19.4 Å². The molecule has 0 bridgehead atoms. The molecule has 1 rings (SSSR count). The number of nitrogens with zero attached hydrogens (tertiary/aromatic N) is 3. The molecule has 1 amide bonds. The van der Waals surface area contributed by atoms with Crippen LogP contribution in [0.25, 0.3) is 0 Å². The van der Waals surface area contributed by atoms with Gasteiger partial charge in [-0.05, 0) is 33.0 Å². The van der Waals surface area contributed by atoms with Crippen LogP contribution >= 0.6 is 0 Å². The van der Waals surface area contributed by atoms with Gasteiger partial charge in [-0.2, -0.15) is 0 Å². The number of nitrogens with two attached hydrogens (primary N) is 1. The van der Waals surface area contributed by atoms with Gasteiger partial charge < -0.3 is 15.5 Å². The molecule has 0 radical (unpaired) electrons. The van der Waals surface area contributed by atoms with E-state index in [2.05, 4.69) is 30.8 Å². The summed E-state index contributed by atoms with van der Waals surface area (Å²) in [5.74, 6) is 0.831. The lowest BCUT2D eigenvalue weighted by Gasteiger charge is -2.23. The van der Waals surface area contributed by atoms with Crippen LogP contribution in [0.5, 0.6) is 0 Å². The molecular weight excluding hydrogens is 228 g/mol. The summed E-state index contributed by atoms with van der Waals surface area (Å²) >= 11 is 0. The van der Waals surface area contributed by atoms with E-state index in [1.165, 1.54) is 0 Å². The van der Waals surface area contributed by atoms with Crippen LogP contribution in [0.1, 0.15) is 13.3 Å². The van der Waals surface area contributed by atoms with E-state index in [0.29, 0.717) is 25.0 Å². The highest BCUT2D eigenvalue weighted by atomic mass is 16.2. The first-order valence-corrected chi connectivity index (χ1v) is 6.78. The standard InChI is InChI=1S/C13H28N4O/c1-11-8-17(9-12(11)15(2)3)10-13(18)16(4)7-5-6-14/h11-12H,5-10,14H2,1-4H3. The lowest BCUT2D eigenvalue weighted by atomic mass is 10.1. The third kappa shape index (κ3) is 4.23. The number of hydrogen-bond donors (Lipinski definition) is 1. The van der Waals surface area contributed by atoms with Crippen LogP contribution < -0.4 is 5.73 Å². The lowest BCUT2D eigenvalue weighted by molar-refractivity contribution is -0.130. The van der Waals surface area contributed by atoms with E-state index in [1.807, 2.05) is 7.05 Å². The Morgan fingerprint density at radius 1 is 1.33 bits per heavy atom. The van der Waals surface area contributed by atoms with Crippen molar-refractivity contribution in [3.8, 4) is 0 Å². The Balaban J connectivity index is 2.37. The fourth-order valence-corrected chi connectivity index (χ4v) is 2.61. The van der Waals surface area contributed by atoms with Gasteiger partial charge in [0.15, 0.2) is 0 Å². The summed E-state index contributed by atoms with van der Waals surface area (Å²) in [6, 6.07) is 0.562. The Morgan fingerprint density at radius 3 is 2.50 bits per heavy atom. The molecule has 0 aliphatic carbocycles. The largest absolute Gasteiger partial charge is 0.345 e. The third-order valence-corrected chi connectivity index (χ3v) is 3.79. The second-order valence-electron chi connectivity index (χ2n) is 5.66. The van der Waals surface area contributed by atoms with E-state index < -0.39 is 0 Å². The highest BCUT2D eigenvalue weighted by molar-refractivity contribution is 5.78. The first-order chi connectivity index (χ1) is 8.45. The maximum absolute atomic E-state index is 12.0. The zero-order valence-corrected chi connectivity index (χ0v) is 12.2. The number of carbonyl (C=O) groups is 1. The van der Waals surface area contributed by atoms with Crippen molar-refractivity contribution in [2.24, 2.45) is 11.7 Å². The van der Waals surface area contributed by atoms with Crippen molar-refractivity contribution in [1.29, 1.82) is 0 Å². The molecule has 2 N–H and O–H groups in total. The average molecular weight is 256 g/mol. The molecule has 5 nitrogen and oxygen atoms in total. The van der Waals surface area contributed by atoms with Gasteiger partial charge in [-0.3, -0.25) is 9.69 Å². The smallest absolute Gasteiger partial charge is 0.236 e. The summed E-state index contributed by atoms with van der Waals surface area (Å²) in [6.07, 6.45) is 0.874. The first kappa shape index (κ1) is 15.4. The maximum Gasteiger partial charge on any atom is 0.236 e. The number of rotatable bonds is 6. The molecule has 0 spiro atoms. The molecular formula is C13H28N4O. The number of likely N-dealkylation sites (tertiary alicyclic amines) is 1. The topological polar surface area (TPSA) is 52.8 Å². The van der Waals surface area contributed by atoms with Crippen molar-refractivity contribution in [3.63, 3.8) is 0 Å². The van der Waals surface area contributed by atoms with Crippen molar-refractivity contribution >= 4 is 5.91 Å². The normalized spacial score (nSPS) is 24.8. The summed E-state index contributed by atoms with van der Waals surface area (Å²) in [5.41, 5.74) is 5.46. The predicted octanol–water partition coefficient (Wildman–Crippen LogP) is -0.324. The zero-order chi connectivity index (χ0) is 13.7. The first-order valence-electron chi connectivity index (χ1n) is 6.78. The monoisotopic (exact) mass is 256 g/mol. The number of hydrogen-bond acceptors (Lipinski definition) is 4. The van der Waals surface area contributed by atoms with Gasteiger partial charge in [-0.15, -0.1) is 0 Å². The van der Waals surface area contributed by atoms with Gasteiger partial charge in [0.1, 0.15) is 0 Å². The van der Waals surface area contributed by atoms with E-state index in [0.717, 1.165) is 26.1 Å². The fourth-order valence-electron chi connectivity index (χ4n) is 2.61. The summed E-state index contributed by atoms with van der Waals surface area (Å²) in [7, 11) is 6.08. The second kappa shape index (κ2) is 7.07. The van der Waals surface area contributed by atoms with E-state index >= 15 is 0 Å². The molecule has 1 aliphatic heterocycles. The van der Waals surface area contributed by atoms with Crippen LogP contribution in [0.15, 0.2) is 0 Å². The van der Waals surface area contributed by atoms with Gasteiger partial charge in [0.25, 0.3) is 0 Å². The molecule has 2 atom stereocenters. The molecule has 1 fully saturated rings. The van der Waals surface area contributed by atoms with Crippen LogP contribution in [0.3, 0.4) is 0 Å². The van der Waals surface area contributed by atoms with E-state index in [-0.39, 0.29) is 5.91 Å². The Kier molecular flexibility index (Phi) is 6.05. The SMILES string of the molecule is CC1CN(CC(=O)N(C)CCCN)CC1N(C)C. The van der Waals surface area contributed by atoms with Gasteiger partial charge >= 0.3 is 0 Å². The highest BCUT2D eigenvalue weighted by Gasteiger charge is 2.32. The van der Waals surface area contributed by atoms with Crippen LogP contribution in [0.2, 0.25) is 0 Å². The minimum atomic E-state index is 0.204. The molecule has 0 aromatic carbocycles. The van der Waals surface area contributed by atoms with E-state index in [9.17, 15) is 4.79 Å². The van der Waals surface area contributed by atoms with Crippen LogP contribution in [-0.2, 0) is 4.79 Å². The van der Waals surface area contributed by atoms with Crippen LogP contribution in [-0.4, -0.2) is 80.5 Å². The second-order valence-corrected chi connectivity index (χ2v) is 5.66. The van der Waals surface area contributed by atoms with E-state index in [1.54, 1.807) is 4.90 Å². The number of amides is 1. The molecule has 1 saturated heterocycles. The fraction of sp³-hybridized carbons (Fsp3) is 0.923. The molecule has 106 valence electrons. The Bertz CT molecular complexity index is 270.